The van der Waals surface area contributed by atoms with Crippen molar-refractivity contribution in [3.8, 4) is 9.75 Å². The second kappa shape index (κ2) is 5.99. The number of carbonyl (C=O) groups excluding carboxylic acids is 2. The van der Waals surface area contributed by atoms with Gasteiger partial charge in [-0.3, -0.25) is 4.79 Å². The molecule has 2 heterocycles. The van der Waals surface area contributed by atoms with Gasteiger partial charge in [-0.15, -0.1) is 22.7 Å². The van der Waals surface area contributed by atoms with Crippen LogP contribution in [0.2, 0.25) is 0 Å². The molecule has 0 unspecified atom stereocenters. The third-order valence-corrected chi connectivity index (χ3v) is 4.65. The molecule has 4 nitrogen and oxygen atoms in total. The maximum Gasteiger partial charge on any atom is 0.328 e. The van der Waals surface area contributed by atoms with E-state index in [4.69, 9.17) is 0 Å². The fourth-order valence-electron chi connectivity index (χ4n) is 1.51. The molecule has 6 heteroatoms. The Bertz CT molecular complexity index is 574. The molecule has 0 spiro atoms. The topological polar surface area (TPSA) is 55.4 Å². The van der Waals surface area contributed by atoms with E-state index in [1.54, 1.807) is 24.3 Å². The van der Waals surface area contributed by atoms with Gasteiger partial charge in [0.05, 0.1) is 12.0 Å². The lowest BCUT2D eigenvalue weighted by Gasteiger charge is -2.10. The van der Waals surface area contributed by atoms with E-state index in [0.717, 1.165) is 9.75 Å². The molecule has 100 valence electrons. The van der Waals surface area contributed by atoms with E-state index in [1.165, 1.54) is 18.4 Å². The standard InChI is InChI=1S/C13H13NO3S2/c1-8(13(16)17-2)14-12(15)11-6-5-10(19-11)9-4-3-7-18-9/h3-8H,1-2H3,(H,14,15)/t8-/m0/s1. The van der Waals surface area contributed by atoms with E-state index in [2.05, 4.69) is 10.1 Å². The molecule has 2 rings (SSSR count). The molecule has 0 saturated heterocycles. The summed E-state index contributed by atoms with van der Waals surface area (Å²) in [6.07, 6.45) is 0. The summed E-state index contributed by atoms with van der Waals surface area (Å²) in [6, 6.07) is 7.01. The molecule has 2 aromatic heterocycles. The van der Waals surface area contributed by atoms with E-state index in [-0.39, 0.29) is 5.91 Å². The van der Waals surface area contributed by atoms with Crippen LogP contribution in [0, 0.1) is 0 Å². The fourth-order valence-corrected chi connectivity index (χ4v) is 3.26. The minimum absolute atomic E-state index is 0.259. The van der Waals surface area contributed by atoms with E-state index < -0.39 is 12.0 Å². The summed E-state index contributed by atoms with van der Waals surface area (Å²) in [5, 5.41) is 4.60. The number of carbonyl (C=O) groups is 2. The predicted octanol–water partition coefficient (Wildman–Crippen LogP) is 2.77. The van der Waals surface area contributed by atoms with Crippen molar-refractivity contribution in [3.63, 3.8) is 0 Å². The highest BCUT2D eigenvalue weighted by molar-refractivity contribution is 7.22. The van der Waals surface area contributed by atoms with Crippen LogP contribution in [0.1, 0.15) is 16.6 Å². The predicted molar refractivity (Wildman–Crippen MR) is 76.6 cm³/mol. The molecular weight excluding hydrogens is 282 g/mol. The average Bonchev–Trinajstić information content (AvgIpc) is 3.07. The summed E-state index contributed by atoms with van der Waals surface area (Å²) in [6.45, 7) is 1.59. The van der Waals surface area contributed by atoms with Crippen molar-refractivity contribution in [1.29, 1.82) is 0 Å². The van der Waals surface area contributed by atoms with Crippen LogP contribution in [-0.2, 0) is 9.53 Å². The summed E-state index contributed by atoms with van der Waals surface area (Å²) in [4.78, 5) is 26.0. The van der Waals surface area contributed by atoms with E-state index in [1.807, 2.05) is 23.6 Å². The molecule has 19 heavy (non-hydrogen) atoms. The molecule has 0 aliphatic heterocycles. The number of hydrogen-bond donors (Lipinski definition) is 1. The molecule has 0 saturated carbocycles. The highest BCUT2D eigenvalue weighted by atomic mass is 32.1. The van der Waals surface area contributed by atoms with Crippen molar-refractivity contribution in [2.24, 2.45) is 0 Å². The zero-order valence-electron chi connectivity index (χ0n) is 10.5. The molecule has 1 atom stereocenters. The van der Waals surface area contributed by atoms with Crippen molar-refractivity contribution < 1.29 is 14.3 Å². The van der Waals surface area contributed by atoms with Crippen molar-refractivity contribution >= 4 is 34.6 Å². The quantitative estimate of drug-likeness (QED) is 0.882. The largest absolute Gasteiger partial charge is 0.467 e. The minimum Gasteiger partial charge on any atom is -0.467 e. The Balaban J connectivity index is 2.06. The average molecular weight is 295 g/mol. The lowest BCUT2D eigenvalue weighted by molar-refractivity contribution is -0.142. The molecule has 0 fully saturated rings. The second-order valence-corrected chi connectivity index (χ2v) is 5.89. The van der Waals surface area contributed by atoms with Crippen molar-refractivity contribution in [3.05, 3.63) is 34.5 Å². The third kappa shape index (κ3) is 3.21. The van der Waals surface area contributed by atoms with Gasteiger partial charge in [-0.05, 0) is 30.5 Å². The molecular formula is C13H13NO3S2. The van der Waals surface area contributed by atoms with Crippen LogP contribution in [0.25, 0.3) is 9.75 Å². The van der Waals surface area contributed by atoms with E-state index >= 15 is 0 Å². The zero-order chi connectivity index (χ0) is 13.8. The molecule has 0 aliphatic carbocycles. The van der Waals surface area contributed by atoms with Crippen LogP contribution in [0.5, 0.6) is 0 Å². The molecule has 0 radical (unpaired) electrons. The van der Waals surface area contributed by atoms with Gasteiger partial charge in [-0.25, -0.2) is 4.79 Å². The molecule has 2 aromatic rings. The van der Waals surface area contributed by atoms with Gasteiger partial charge in [0, 0.05) is 9.75 Å². The Kier molecular flexibility index (Phi) is 4.34. The molecule has 1 amide bonds. The number of rotatable bonds is 4. The number of esters is 1. The lowest BCUT2D eigenvalue weighted by atomic mass is 10.3. The highest BCUT2D eigenvalue weighted by Crippen LogP contribution is 2.31. The Morgan fingerprint density at radius 3 is 2.68 bits per heavy atom. The number of ether oxygens (including phenoxy) is 1. The van der Waals surface area contributed by atoms with Gasteiger partial charge in [0.15, 0.2) is 0 Å². The SMILES string of the molecule is COC(=O)[C@H](C)NC(=O)c1ccc(-c2cccs2)s1. The van der Waals surface area contributed by atoms with Gasteiger partial charge in [-0.2, -0.15) is 0 Å². The smallest absolute Gasteiger partial charge is 0.328 e. The maximum atomic E-state index is 12.0. The number of nitrogens with one attached hydrogen (secondary N) is 1. The number of thiophene rings is 2. The Morgan fingerprint density at radius 1 is 1.26 bits per heavy atom. The van der Waals surface area contributed by atoms with Gasteiger partial charge in [0.2, 0.25) is 0 Å². The second-order valence-electron chi connectivity index (χ2n) is 3.86. The van der Waals surface area contributed by atoms with E-state index in [9.17, 15) is 9.59 Å². The highest BCUT2D eigenvalue weighted by Gasteiger charge is 2.18. The van der Waals surface area contributed by atoms with Crippen LogP contribution in [0.4, 0.5) is 0 Å². The summed E-state index contributed by atoms with van der Waals surface area (Å²) in [5.74, 6) is -0.714. The first-order valence-electron chi connectivity index (χ1n) is 5.64. The summed E-state index contributed by atoms with van der Waals surface area (Å²) < 4.78 is 4.56. The minimum atomic E-state index is -0.648. The monoisotopic (exact) mass is 295 g/mol. The molecule has 1 N–H and O–H groups in total. The number of amides is 1. The van der Waals surface area contributed by atoms with Crippen LogP contribution < -0.4 is 5.32 Å². The Labute approximate surface area is 119 Å². The third-order valence-electron chi connectivity index (χ3n) is 2.50. The first kappa shape index (κ1) is 13.8. The van der Waals surface area contributed by atoms with Crippen LogP contribution in [0.15, 0.2) is 29.6 Å². The van der Waals surface area contributed by atoms with Gasteiger partial charge in [0.1, 0.15) is 6.04 Å². The summed E-state index contributed by atoms with van der Waals surface area (Å²) in [5.41, 5.74) is 0. The lowest BCUT2D eigenvalue weighted by Crippen LogP contribution is -2.38. The molecule has 0 aliphatic rings. The van der Waals surface area contributed by atoms with Gasteiger partial charge < -0.3 is 10.1 Å². The Hall–Kier alpha value is -1.66. The normalized spacial score (nSPS) is 11.9. The zero-order valence-corrected chi connectivity index (χ0v) is 12.1. The number of methoxy groups -OCH3 is 1. The van der Waals surface area contributed by atoms with Crippen LogP contribution >= 0.6 is 22.7 Å². The van der Waals surface area contributed by atoms with E-state index in [0.29, 0.717) is 4.88 Å². The van der Waals surface area contributed by atoms with Crippen molar-refractivity contribution in [1.82, 2.24) is 5.32 Å². The van der Waals surface area contributed by atoms with Crippen LogP contribution in [0.3, 0.4) is 0 Å². The van der Waals surface area contributed by atoms with Crippen molar-refractivity contribution in [2.75, 3.05) is 7.11 Å². The maximum absolute atomic E-state index is 12.0. The number of hydrogen-bond acceptors (Lipinski definition) is 5. The van der Waals surface area contributed by atoms with Gasteiger partial charge in [0.25, 0.3) is 5.91 Å². The summed E-state index contributed by atoms with van der Waals surface area (Å²) in [7, 11) is 1.30. The van der Waals surface area contributed by atoms with Gasteiger partial charge in [-0.1, -0.05) is 6.07 Å². The first-order chi connectivity index (χ1) is 9.11. The van der Waals surface area contributed by atoms with Gasteiger partial charge >= 0.3 is 5.97 Å². The molecule has 0 aromatic carbocycles. The Morgan fingerprint density at radius 2 is 2.05 bits per heavy atom. The van der Waals surface area contributed by atoms with Crippen LogP contribution in [-0.4, -0.2) is 25.0 Å². The fraction of sp³-hybridized carbons (Fsp3) is 0.231. The molecule has 0 bridgehead atoms. The van der Waals surface area contributed by atoms with Crippen molar-refractivity contribution in [2.45, 2.75) is 13.0 Å². The first-order valence-corrected chi connectivity index (χ1v) is 7.34. The summed E-state index contributed by atoms with van der Waals surface area (Å²) >= 11 is 3.03.